The molecular weight excluding hydrogens is 803 g/mol. The Morgan fingerprint density at radius 3 is 1.85 bits per heavy atom. The summed E-state index contributed by atoms with van der Waals surface area (Å²) in [5, 5.41) is 34.9. The number of nitrogens with one attached hydrogen (secondary N) is 7. The molecule has 0 aliphatic heterocycles. The summed E-state index contributed by atoms with van der Waals surface area (Å²) in [5.41, 5.74) is 13.9. The van der Waals surface area contributed by atoms with Gasteiger partial charge in [0.05, 0.1) is 19.1 Å². The van der Waals surface area contributed by atoms with Gasteiger partial charge in [0, 0.05) is 36.4 Å². The number of carboxylic acid groups (broad SMARTS) is 1. The molecule has 0 aliphatic carbocycles. The van der Waals surface area contributed by atoms with Gasteiger partial charge in [-0.05, 0) is 53.6 Å². The number of primary amides is 1. The van der Waals surface area contributed by atoms with Crippen LogP contribution in [0, 0.1) is 5.92 Å². The van der Waals surface area contributed by atoms with E-state index in [1.165, 1.54) is 12.1 Å². The molecule has 0 aliphatic rings. The maximum Gasteiger partial charge on any atom is 0.326 e. The van der Waals surface area contributed by atoms with Crippen LogP contribution in [-0.4, -0.2) is 106 Å². The smallest absolute Gasteiger partial charge is 0.326 e. The molecule has 4 aromatic rings. The highest BCUT2D eigenvalue weighted by Gasteiger charge is 2.32. The minimum absolute atomic E-state index is 0.0120. The summed E-state index contributed by atoms with van der Waals surface area (Å²) in [6.07, 6.45) is 1.19. The number of phenols is 1. The van der Waals surface area contributed by atoms with Gasteiger partial charge in [-0.25, -0.2) is 4.79 Å². The summed E-state index contributed by atoms with van der Waals surface area (Å²) in [4.78, 5) is 106. The summed E-state index contributed by atoms with van der Waals surface area (Å²) >= 11 is 0. The van der Waals surface area contributed by atoms with Crippen LogP contribution in [0.5, 0.6) is 5.75 Å². The minimum atomic E-state index is -1.45. The minimum Gasteiger partial charge on any atom is -0.508 e. The van der Waals surface area contributed by atoms with Crippen LogP contribution < -0.4 is 43.4 Å². The van der Waals surface area contributed by atoms with E-state index >= 15 is 0 Å². The molecule has 19 nitrogen and oxygen atoms in total. The molecule has 13 N–H and O–H groups in total. The van der Waals surface area contributed by atoms with Crippen molar-refractivity contribution in [3.63, 3.8) is 0 Å². The topological polar surface area (TPSA) is 317 Å². The van der Waals surface area contributed by atoms with E-state index in [4.69, 9.17) is 11.5 Å². The highest BCUT2D eigenvalue weighted by Crippen LogP contribution is 2.20. The normalized spacial score (nSPS) is 13.4. The van der Waals surface area contributed by atoms with Gasteiger partial charge in [0.2, 0.25) is 41.4 Å². The number of amides is 7. The van der Waals surface area contributed by atoms with Crippen LogP contribution in [0.3, 0.4) is 0 Å². The Morgan fingerprint density at radius 1 is 0.645 bits per heavy atom. The maximum absolute atomic E-state index is 14.0. The number of hydrogen-bond donors (Lipinski definition) is 11. The number of aliphatic carboxylic acids is 1. The number of H-pyrrole nitrogens is 1. The van der Waals surface area contributed by atoms with E-state index in [2.05, 4.69) is 36.9 Å². The number of carbonyl (C=O) groups excluding carboxylic acids is 7. The number of carboxylic acids is 1. The number of phenolic OH excluding ortho intramolecular Hbond substituents is 1. The molecule has 1 heterocycles. The van der Waals surface area contributed by atoms with Gasteiger partial charge in [-0.1, -0.05) is 74.5 Å². The van der Waals surface area contributed by atoms with E-state index in [-0.39, 0.29) is 37.9 Å². The predicted molar refractivity (Wildman–Crippen MR) is 227 cm³/mol. The Balaban J connectivity index is 1.47. The molecule has 7 amide bonds. The monoisotopic (exact) mass is 855 g/mol. The lowest BCUT2D eigenvalue weighted by molar-refractivity contribution is -0.142. The van der Waals surface area contributed by atoms with Gasteiger partial charge in [0.1, 0.15) is 29.9 Å². The van der Waals surface area contributed by atoms with Crippen molar-refractivity contribution in [3.8, 4) is 5.75 Å². The first-order chi connectivity index (χ1) is 29.5. The molecule has 0 saturated heterocycles. The highest BCUT2D eigenvalue weighted by molar-refractivity contribution is 5.96. The molecule has 3 aromatic carbocycles. The van der Waals surface area contributed by atoms with Crippen molar-refractivity contribution in [2.75, 3.05) is 13.1 Å². The standard InChI is InChI=1S/C43H53N9O10/c1-24(2)38(52-41(59)33(19-25-8-4-3-5-9-25)50-37(56)22-47-39(57)30(44)18-26-12-14-28(53)15-13-26)42(60)51-34(20-27-21-46-31-11-7-6-10-29(27)31)40(58)48-23-36(55)49-32(43(61)62)16-17-35(45)54/h3-15,21,24,30,32-34,38,46,53H,16-20,22-23,44H2,1-2H3,(H2,45,54)(H,47,57)(H,48,58)(H,49,55)(H,50,56)(H,51,60)(H,52,59)(H,61,62)/t30-,32-,33-,34-,38-/m0/s1. The van der Waals surface area contributed by atoms with Crippen LogP contribution in [0.15, 0.2) is 85.1 Å². The van der Waals surface area contributed by atoms with E-state index < -0.39 is 96.5 Å². The number of fused-ring (bicyclic) bond motifs is 1. The molecule has 5 atom stereocenters. The third-order valence-corrected chi connectivity index (χ3v) is 9.80. The second-order valence-electron chi connectivity index (χ2n) is 15.0. The summed E-state index contributed by atoms with van der Waals surface area (Å²) in [6, 6.07) is 16.0. The molecule has 0 saturated carbocycles. The Kier molecular flexibility index (Phi) is 17.5. The lowest BCUT2D eigenvalue weighted by Crippen LogP contribution is -2.59. The largest absolute Gasteiger partial charge is 0.508 e. The molecule has 62 heavy (non-hydrogen) atoms. The Morgan fingerprint density at radius 2 is 1.23 bits per heavy atom. The molecule has 0 bridgehead atoms. The lowest BCUT2D eigenvalue weighted by Gasteiger charge is -2.27. The number of rotatable bonds is 23. The van der Waals surface area contributed by atoms with Crippen molar-refractivity contribution in [3.05, 3.63) is 102 Å². The van der Waals surface area contributed by atoms with Crippen molar-refractivity contribution >= 4 is 58.2 Å². The van der Waals surface area contributed by atoms with Gasteiger partial charge in [0.25, 0.3) is 0 Å². The molecular formula is C43H53N9O10. The fourth-order valence-corrected chi connectivity index (χ4v) is 6.44. The van der Waals surface area contributed by atoms with Crippen molar-refractivity contribution in [1.82, 2.24) is 36.9 Å². The van der Waals surface area contributed by atoms with Gasteiger partial charge < -0.3 is 58.6 Å². The van der Waals surface area contributed by atoms with Crippen LogP contribution in [0.4, 0.5) is 0 Å². The Hall–Kier alpha value is -7.28. The van der Waals surface area contributed by atoms with E-state index in [1.807, 2.05) is 18.2 Å². The summed E-state index contributed by atoms with van der Waals surface area (Å²) in [7, 11) is 0. The zero-order valence-corrected chi connectivity index (χ0v) is 34.3. The predicted octanol–water partition coefficient (Wildman–Crippen LogP) is -0.594. The Bertz CT molecular complexity index is 2210. The zero-order chi connectivity index (χ0) is 45.3. The number of aromatic nitrogens is 1. The molecule has 0 unspecified atom stereocenters. The van der Waals surface area contributed by atoms with Gasteiger partial charge in [-0.3, -0.25) is 33.6 Å². The van der Waals surface area contributed by atoms with Crippen LogP contribution in [-0.2, 0) is 57.6 Å². The number of benzene rings is 3. The summed E-state index contributed by atoms with van der Waals surface area (Å²) in [6.45, 7) is 2.15. The quantitative estimate of drug-likeness (QED) is 0.0448. The molecule has 0 radical (unpaired) electrons. The zero-order valence-electron chi connectivity index (χ0n) is 34.3. The number of aromatic amines is 1. The van der Waals surface area contributed by atoms with E-state index in [0.717, 1.165) is 10.9 Å². The Labute approximate surface area is 357 Å². The molecule has 4 rings (SSSR count). The van der Waals surface area contributed by atoms with Gasteiger partial charge in [0.15, 0.2) is 0 Å². The lowest BCUT2D eigenvalue weighted by atomic mass is 9.99. The number of aromatic hydroxyl groups is 1. The molecule has 330 valence electrons. The molecule has 1 aromatic heterocycles. The number of para-hydroxylation sites is 1. The number of carbonyl (C=O) groups is 8. The first-order valence-corrected chi connectivity index (χ1v) is 19.9. The van der Waals surface area contributed by atoms with Gasteiger partial charge in [-0.2, -0.15) is 0 Å². The second-order valence-corrected chi connectivity index (χ2v) is 15.0. The number of nitrogens with two attached hydrogens (primary N) is 2. The van der Waals surface area contributed by atoms with Crippen LogP contribution >= 0.6 is 0 Å². The van der Waals surface area contributed by atoms with Crippen molar-refractivity contribution in [1.29, 1.82) is 0 Å². The molecule has 0 fully saturated rings. The third kappa shape index (κ3) is 14.8. The van der Waals surface area contributed by atoms with Crippen LogP contribution in [0.1, 0.15) is 43.4 Å². The number of hydrogen-bond acceptors (Lipinski definition) is 10. The van der Waals surface area contributed by atoms with E-state index in [0.29, 0.717) is 16.7 Å². The van der Waals surface area contributed by atoms with E-state index in [1.54, 1.807) is 68.6 Å². The van der Waals surface area contributed by atoms with Gasteiger partial charge in [-0.15, -0.1) is 0 Å². The molecule has 0 spiro atoms. The highest BCUT2D eigenvalue weighted by atomic mass is 16.4. The maximum atomic E-state index is 14.0. The third-order valence-electron chi connectivity index (χ3n) is 9.80. The van der Waals surface area contributed by atoms with Crippen LogP contribution in [0.2, 0.25) is 0 Å². The summed E-state index contributed by atoms with van der Waals surface area (Å²) < 4.78 is 0. The average Bonchev–Trinajstić information content (AvgIpc) is 3.65. The van der Waals surface area contributed by atoms with Crippen molar-refractivity contribution in [2.45, 2.75) is 76.2 Å². The summed E-state index contributed by atoms with van der Waals surface area (Å²) in [5.74, 6) is -7.13. The fraction of sp³-hybridized carbons (Fsp3) is 0.349. The molecule has 19 heteroatoms. The van der Waals surface area contributed by atoms with Crippen molar-refractivity contribution < 1.29 is 48.6 Å². The first kappa shape index (κ1) is 47.4. The second kappa shape index (κ2) is 22.9. The SMILES string of the molecule is CC(C)[C@H](NC(=O)[C@H](Cc1ccccc1)NC(=O)CNC(=O)[C@@H](N)Cc1ccc(O)cc1)C(=O)N[C@@H](Cc1c[nH]c2ccccc12)C(=O)NCC(=O)N[C@@H](CCC(N)=O)C(=O)O. The average molecular weight is 856 g/mol. The first-order valence-electron chi connectivity index (χ1n) is 19.9. The fourth-order valence-electron chi connectivity index (χ4n) is 6.44. The van der Waals surface area contributed by atoms with Crippen molar-refractivity contribution in [2.24, 2.45) is 17.4 Å². The van der Waals surface area contributed by atoms with Crippen LogP contribution in [0.25, 0.3) is 10.9 Å². The van der Waals surface area contributed by atoms with Gasteiger partial charge >= 0.3 is 5.97 Å². The van der Waals surface area contributed by atoms with E-state index in [9.17, 15) is 48.6 Å².